The number of carbonyl (C=O) groups excluding carboxylic acids is 1. The number of benzene rings is 1. The van der Waals surface area contributed by atoms with E-state index in [-0.39, 0.29) is 24.4 Å². The van der Waals surface area contributed by atoms with Gasteiger partial charge < -0.3 is 14.3 Å². The van der Waals surface area contributed by atoms with E-state index in [0.717, 1.165) is 5.56 Å². The van der Waals surface area contributed by atoms with E-state index in [0.29, 0.717) is 17.7 Å². The quantitative estimate of drug-likeness (QED) is 0.525. The molecule has 0 spiro atoms. The Hall–Kier alpha value is -2.37. The lowest BCUT2D eigenvalue weighted by Crippen LogP contribution is -2.25. The minimum Gasteiger partial charge on any atom is -0.481 e. The van der Waals surface area contributed by atoms with Crippen molar-refractivity contribution < 1.29 is 19.1 Å². The van der Waals surface area contributed by atoms with E-state index in [4.69, 9.17) is 19.7 Å². The number of hydrogen-bond donors (Lipinski definition) is 1. The fourth-order valence-corrected chi connectivity index (χ4v) is 2.22. The zero-order chi connectivity index (χ0) is 17.0. The SMILES string of the molecule is COC(=N)c1ccc(C2CC(CC(=O)OC(C)(C)C)=NO2)cc1. The van der Waals surface area contributed by atoms with Crippen LogP contribution in [0.4, 0.5) is 0 Å². The number of rotatable bonds is 4. The van der Waals surface area contributed by atoms with Crippen molar-refractivity contribution in [2.75, 3.05) is 7.11 Å². The number of ether oxygens (including phenoxy) is 2. The summed E-state index contributed by atoms with van der Waals surface area (Å²) in [6.07, 6.45) is 0.485. The second-order valence-electron chi connectivity index (χ2n) is 6.37. The third kappa shape index (κ3) is 4.81. The second-order valence-corrected chi connectivity index (χ2v) is 6.37. The van der Waals surface area contributed by atoms with Crippen LogP contribution in [-0.4, -0.2) is 30.3 Å². The maximum Gasteiger partial charge on any atom is 0.312 e. The van der Waals surface area contributed by atoms with Crippen LogP contribution in [0.1, 0.15) is 50.8 Å². The van der Waals surface area contributed by atoms with E-state index >= 15 is 0 Å². The molecule has 2 rings (SSSR count). The first kappa shape index (κ1) is 17.0. The predicted octanol–water partition coefficient (Wildman–Crippen LogP) is 3.21. The first-order valence-electron chi connectivity index (χ1n) is 7.45. The van der Waals surface area contributed by atoms with Gasteiger partial charge in [0.1, 0.15) is 5.60 Å². The van der Waals surface area contributed by atoms with E-state index in [2.05, 4.69) is 5.16 Å². The number of methoxy groups -OCH3 is 1. The molecule has 0 amide bonds. The van der Waals surface area contributed by atoms with E-state index in [9.17, 15) is 4.79 Å². The van der Waals surface area contributed by atoms with Gasteiger partial charge in [0.2, 0.25) is 5.90 Å². The molecule has 6 nitrogen and oxygen atoms in total. The molecular formula is C17H22N2O4. The Morgan fingerprint density at radius 2 is 2.00 bits per heavy atom. The van der Waals surface area contributed by atoms with Crippen LogP contribution in [0.5, 0.6) is 0 Å². The lowest BCUT2D eigenvalue weighted by atomic mass is 10.0. The molecule has 0 saturated heterocycles. The largest absolute Gasteiger partial charge is 0.481 e. The fourth-order valence-electron chi connectivity index (χ4n) is 2.22. The third-order valence-electron chi connectivity index (χ3n) is 3.25. The Labute approximate surface area is 135 Å². The minimum absolute atomic E-state index is 0.116. The fraction of sp³-hybridized carbons (Fsp3) is 0.471. The summed E-state index contributed by atoms with van der Waals surface area (Å²) in [6, 6.07) is 7.35. The van der Waals surface area contributed by atoms with Gasteiger partial charge in [0.05, 0.1) is 19.2 Å². The van der Waals surface area contributed by atoms with Crippen molar-refractivity contribution in [2.45, 2.75) is 45.3 Å². The van der Waals surface area contributed by atoms with Crippen molar-refractivity contribution >= 4 is 17.6 Å². The van der Waals surface area contributed by atoms with Gasteiger partial charge in [-0.15, -0.1) is 0 Å². The maximum atomic E-state index is 11.8. The summed E-state index contributed by atoms with van der Waals surface area (Å²) in [5.41, 5.74) is 1.82. The van der Waals surface area contributed by atoms with E-state index in [1.54, 1.807) is 12.1 Å². The molecule has 0 fully saturated rings. The molecule has 6 heteroatoms. The summed E-state index contributed by atoms with van der Waals surface area (Å²) in [5.74, 6) is -0.185. The number of oxime groups is 1. The highest BCUT2D eigenvalue weighted by molar-refractivity contribution is 5.99. The summed E-state index contributed by atoms with van der Waals surface area (Å²) in [5, 5.41) is 11.6. The number of nitrogens with one attached hydrogen (secondary N) is 1. The molecular weight excluding hydrogens is 296 g/mol. The van der Waals surface area contributed by atoms with Gasteiger partial charge >= 0.3 is 5.97 Å². The molecule has 1 aromatic carbocycles. The van der Waals surface area contributed by atoms with Gasteiger partial charge in [-0.2, -0.15) is 0 Å². The number of hydrogen-bond acceptors (Lipinski definition) is 6. The van der Waals surface area contributed by atoms with Gasteiger partial charge in [0, 0.05) is 12.0 Å². The molecule has 23 heavy (non-hydrogen) atoms. The monoisotopic (exact) mass is 318 g/mol. The Morgan fingerprint density at radius 1 is 1.35 bits per heavy atom. The van der Waals surface area contributed by atoms with Crippen LogP contribution in [0.2, 0.25) is 0 Å². The van der Waals surface area contributed by atoms with E-state index < -0.39 is 5.60 Å². The molecule has 1 aromatic rings. The van der Waals surface area contributed by atoms with Gasteiger partial charge in [-0.25, -0.2) is 0 Å². The number of nitrogens with zero attached hydrogens (tertiary/aromatic N) is 1. The van der Waals surface area contributed by atoms with Crippen molar-refractivity contribution in [1.82, 2.24) is 0 Å². The Morgan fingerprint density at radius 3 is 2.57 bits per heavy atom. The van der Waals surface area contributed by atoms with Crippen LogP contribution in [0.15, 0.2) is 29.4 Å². The van der Waals surface area contributed by atoms with E-state index in [1.165, 1.54) is 7.11 Å². The lowest BCUT2D eigenvalue weighted by molar-refractivity contribution is -0.153. The first-order chi connectivity index (χ1) is 10.8. The first-order valence-corrected chi connectivity index (χ1v) is 7.45. The molecule has 0 aromatic heterocycles. The molecule has 1 N–H and O–H groups in total. The number of esters is 1. The highest BCUT2D eigenvalue weighted by Crippen LogP contribution is 2.28. The summed E-state index contributed by atoms with van der Waals surface area (Å²) < 4.78 is 10.2. The van der Waals surface area contributed by atoms with Crippen LogP contribution in [0, 0.1) is 5.41 Å². The van der Waals surface area contributed by atoms with Crippen molar-refractivity contribution in [2.24, 2.45) is 5.16 Å². The van der Waals surface area contributed by atoms with Crippen molar-refractivity contribution in [3.05, 3.63) is 35.4 Å². The van der Waals surface area contributed by atoms with Crippen LogP contribution in [0.3, 0.4) is 0 Å². The van der Waals surface area contributed by atoms with Crippen molar-refractivity contribution in [3.8, 4) is 0 Å². The summed E-state index contributed by atoms with van der Waals surface area (Å²) >= 11 is 0. The average molecular weight is 318 g/mol. The molecule has 0 radical (unpaired) electrons. The maximum absolute atomic E-state index is 11.8. The lowest BCUT2D eigenvalue weighted by Gasteiger charge is -2.19. The molecule has 1 heterocycles. The molecule has 1 aliphatic rings. The predicted molar refractivity (Wildman–Crippen MR) is 86.6 cm³/mol. The smallest absolute Gasteiger partial charge is 0.312 e. The van der Waals surface area contributed by atoms with Gasteiger partial charge in [0.15, 0.2) is 6.10 Å². The Bertz CT molecular complexity index is 614. The standard InChI is InChI=1S/C17H22N2O4/c1-17(2,3)22-15(20)10-13-9-14(23-19-13)11-5-7-12(8-6-11)16(18)21-4/h5-8,14,18H,9-10H2,1-4H3. The van der Waals surface area contributed by atoms with Gasteiger partial charge in [0.25, 0.3) is 0 Å². The Kier molecular flexibility index (Phi) is 5.03. The topological polar surface area (TPSA) is 81.0 Å². The molecule has 124 valence electrons. The van der Waals surface area contributed by atoms with Gasteiger partial charge in [-0.3, -0.25) is 10.2 Å². The normalized spacial score (nSPS) is 17.2. The summed E-state index contributed by atoms with van der Waals surface area (Å²) in [7, 11) is 1.47. The van der Waals surface area contributed by atoms with Crippen LogP contribution >= 0.6 is 0 Å². The highest BCUT2D eigenvalue weighted by atomic mass is 16.6. The number of carbonyl (C=O) groups is 1. The molecule has 1 aliphatic heterocycles. The van der Waals surface area contributed by atoms with Crippen LogP contribution in [-0.2, 0) is 19.1 Å². The summed E-state index contributed by atoms with van der Waals surface area (Å²) in [4.78, 5) is 17.2. The van der Waals surface area contributed by atoms with Gasteiger partial charge in [-0.1, -0.05) is 17.3 Å². The zero-order valence-electron chi connectivity index (χ0n) is 13.9. The third-order valence-corrected chi connectivity index (χ3v) is 3.25. The molecule has 0 aliphatic carbocycles. The van der Waals surface area contributed by atoms with Crippen molar-refractivity contribution in [1.29, 1.82) is 5.41 Å². The molecule has 0 saturated carbocycles. The Balaban J connectivity index is 1.91. The molecule has 1 unspecified atom stereocenters. The minimum atomic E-state index is -0.502. The highest BCUT2D eigenvalue weighted by Gasteiger charge is 2.26. The zero-order valence-corrected chi connectivity index (χ0v) is 13.9. The van der Waals surface area contributed by atoms with Crippen LogP contribution in [0.25, 0.3) is 0 Å². The molecule has 0 bridgehead atoms. The van der Waals surface area contributed by atoms with Crippen molar-refractivity contribution in [3.63, 3.8) is 0 Å². The second kappa shape index (κ2) is 6.81. The van der Waals surface area contributed by atoms with Gasteiger partial charge in [-0.05, 0) is 38.5 Å². The summed E-state index contributed by atoms with van der Waals surface area (Å²) in [6.45, 7) is 5.50. The average Bonchev–Trinajstić information content (AvgIpc) is 2.93. The van der Waals surface area contributed by atoms with Crippen LogP contribution < -0.4 is 0 Å². The van der Waals surface area contributed by atoms with E-state index in [1.807, 2.05) is 32.9 Å². The molecule has 1 atom stereocenters.